The second-order valence-electron chi connectivity index (χ2n) is 7.90. The number of hydrogen-bond donors (Lipinski definition) is 1. The number of carboxylic acids is 1. The SMILES string of the molecule is CCN1CC2(CC1=O)CN(Cc1cccnc1)CCN(C(C)=O)C2.O=C(O)C(F)(F)F. The van der Waals surface area contributed by atoms with Crippen molar-refractivity contribution in [3.05, 3.63) is 30.1 Å². The Bertz CT molecular complexity index is 790. The molecule has 31 heavy (non-hydrogen) atoms. The Hall–Kier alpha value is -2.69. The molecule has 1 spiro atoms. The zero-order valence-electron chi connectivity index (χ0n) is 17.6. The number of carboxylic acid groups (broad SMARTS) is 1. The first kappa shape index (κ1) is 24.6. The molecule has 0 aliphatic carbocycles. The third-order valence-electron chi connectivity index (χ3n) is 5.38. The van der Waals surface area contributed by atoms with E-state index in [1.807, 2.05) is 29.0 Å². The molecule has 2 amide bonds. The normalized spacial score (nSPS) is 22.2. The van der Waals surface area contributed by atoms with Crippen molar-refractivity contribution in [2.45, 2.75) is 33.0 Å². The molecule has 3 rings (SSSR count). The highest BCUT2D eigenvalue weighted by molar-refractivity contribution is 5.80. The lowest BCUT2D eigenvalue weighted by Crippen LogP contribution is -2.44. The Labute approximate surface area is 178 Å². The number of likely N-dealkylation sites (tertiary alicyclic amines) is 1. The maximum Gasteiger partial charge on any atom is 0.490 e. The fourth-order valence-corrected chi connectivity index (χ4v) is 3.98. The molecule has 0 radical (unpaired) electrons. The van der Waals surface area contributed by atoms with Crippen molar-refractivity contribution in [3.8, 4) is 0 Å². The summed E-state index contributed by atoms with van der Waals surface area (Å²) in [5.74, 6) is -2.45. The maximum atomic E-state index is 12.3. The summed E-state index contributed by atoms with van der Waals surface area (Å²) in [6.45, 7) is 9.00. The first-order valence-corrected chi connectivity index (χ1v) is 9.90. The van der Waals surface area contributed by atoms with E-state index in [1.165, 1.54) is 5.56 Å². The number of amides is 2. The molecule has 2 aliphatic heterocycles. The van der Waals surface area contributed by atoms with E-state index in [2.05, 4.69) is 16.0 Å². The van der Waals surface area contributed by atoms with Gasteiger partial charge in [-0.15, -0.1) is 0 Å². The van der Waals surface area contributed by atoms with E-state index in [-0.39, 0.29) is 17.2 Å². The third-order valence-corrected chi connectivity index (χ3v) is 5.38. The van der Waals surface area contributed by atoms with Gasteiger partial charge in [-0.25, -0.2) is 4.79 Å². The van der Waals surface area contributed by atoms with E-state index in [4.69, 9.17) is 9.90 Å². The summed E-state index contributed by atoms with van der Waals surface area (Å²) in [5.41, 5.74) is 1.01. The van der Waals surface area contributed by atoms with Crippen molar-refractivity contribution in [2.24, 2.45) is 5.41 Å². The Morgan fingerprint density at radius 2 is 1.90 bits per heavy atom. The summed E-state index contributed by atoms with van der Waals surface area (Å²) in [5, 5.41) is 7.12. The molecular formula is C20H27F3N4O4. The minimum absolute atomic E-state index is 0.0972. The molecule has 0 aromatic carbocycles. The van der Waals surface area contributed by atoms with Gasteiger partial charge in [-0.1, -0.05) is 6.07 Å². The number of carbonyl (C=O) groups excluding carboxylic acids is 2. The molecule has 1 unspecified atom stereocenters. The van der Waals surface area contributed by atoms with Crippen molar-refractivity contribution in [3.63, 3.8) is 0 Å². The standard InChI is InChI=1S/C18H26N4O2.C2HF3O2/c1-3-21-13-18(9-17(21)24)12-20(7-8-22(14-18)15(2)23)11-16-5-4-6-19-10-16;3-2(4,5)1(6)7/h4-6,10H,3,7-9,11-14H2,1-2H3;(H,6,7). The third kappa shape index (κ3) is 6.91. The molecule has 2 fully saturated rings. The summed E-state index contributed by atoms with van der Waals surface area (Å²) in [4.78, 5) is 43.6. The van der Waals surface area contributed by atoms with Gasteiger partial charge in [0.1, 0.15) is 0 Å². The largest absolute Gasteiger partial charge is 0.490 e. The molecule has 0 saturated carbocycles. The van der Waals surface area contributed by atoms with Gasteiger partial charge in [-0.05, 0) is 18.6 Å². The molecule has 1 N–H and O–H groups in total. The molecule has 1 aromatic rings. The molecular weight excluding hydrogens is 417 g/mol. The zero-order valence-corrected chi connectivity index (χ0v) is 17.6. The molecule has 0 bridgehead atoms. The van der Waals surface area contributed by atoms with Crippen molar-refractivity contribution in [1.82, 2.24) is 19.7 Å². The van der Waals surface area contributed by atoms with Crippen LogP contribution in [0.3, 0.4) is 0 Å². The van der Waals surface area contributed by atoms with Gasteiger partial charge in [0.25, 0.3) is 0 Å². The van der Waals surface area contributed by atoms with Crippen LogP contribution in [-0.2, 0) is 20.9 Å². The Kier molecular flexibility index (Phi) is 7.99. The van der Waals surface area contributed by atoms with Crippen LogP contribution in [0, 0.1) is 5.41 Å². The van der Waals surface area contributed by atoms with Gasteiger partial charge < -0.3 is 14.9 Å². The summed E-state index contributed by atoms with van der Waals surface area (Å²) < 4.78 is 31.7. The van der Waals surface area contributed by atoms with E-state index in [1.54, 1.807) is 13.1 Å². The van der Waals surface area contributed by atoms with Crippen molar-refractivity contribution in [2.75, 3.05) is 39.3 Å². The molecule has 172 valence electrons. The van der Waals surface area contributed by atoms with Gasteiger partial charge in [-0.2, -0.15) is 13.2 Å². The number of alkyl halides is 3. The van der Waals surface area contributed by atoms with E-state index in [0.29, 0.717) is 13.0 Å². The van der Waals surface area contributed by atoms with Crippen LogP contribution in [-0.4, -0.2) is 88.0 Å². The van der Waals surface area contributed by atoms with E-state index < -0.39 is 12.1 Å². The number of carbonyl (C=O) groups is 3. The highest BCUT2D eigenvalue weighted by Crippen LogP contribution is 2.35. The Morgan fingerprint density at radius 3 is 2.39 bits per heavy atom. The summed E-state index contributed by atoms with van der Waals surface area (Å²) in [6, 6.07) is 4.02. The van der Waals surface area contributed by atoms with Crippen LogP contribution in [0.1, 0.15) is 25.8 Å². The van der Waals surface area contributed by atoms with Crippen LogP contribution in [0.5, 0.6) is 0 Å². The Balaban J connectivity index is 0.000000423. The van der Waals surface area contributed by atoms with Gasteiger partial charge >= 0.3 is 12.1 Å². The highest BCUT2D eigenvalue weighted by atomic mass is 19.4. The smallest absolute Gasteiger partial charge is 0.475 e. The number of halogens is 3. The Morgan fingerprint density at radius 1 is 1.23 bits per heavy atom. The zero-order chi connectivity index (χ0) is 23.2. The minimum atomic E-state index is -5.08. The lowest BCUT2D eigenvalue weighted by atomic mass is 9.85. The number of rotatable bonds is 3. The summed E-state index contributed by atoms with van der Waals surface area (Å²) in [7, 11) is 0. The number of hydrogen-bond acceptors (Lipinski definition) is 5. The topological polar surface area (TPSA) is 94.1 Å². The molecule has 2 aliphatic rings. The first-order chi connectivity index (χ1) is 14.5. The van der Waals surface area contributed by atoms with Crippen LogP contribution in [0.15, 0.2) is 24.5 Å². The molecule has 1 atom stereocenters. The van der Waals surface area contributed by atoms with E-state index >= 15 is 0 Å². The molecule has 11 heteroatoms. The molecule has 3 heterocycles. The second kappa shape index (κ2) is 10.1. The van der Waals surface area contributed by atoms with Crippen molar-refractivity contribution >= 4 is 17.8 Å². The predicted octanol–water partition coefficient (Wildman–Crippen LogP) is 1.62. The van der Waals surface area contributed by atoms with Crippen LogP contribution in [0.4, 0.5) is 13.2 Å². The van der Waals surface area contributed by atoms with Gasteiger partial charge in [0, 0.05) is 77.0 Å². The molecule has 1 aromatic heterocycles. The van der Waals surface area contributed by atoms with Crippen LogP contribution < -0.4 is 0 Å². The van der Waals surface area contributed by atoms with Crippen molar-refractivity contribution in [1.29, 1.82) is 0 Å². The monoisotopic (exact) mass is 444 g/mol. The predicted molar refractivity (Wildman–Crippen MR) is 105 cm³/mol. The number of nitrogens with zero attached hydrogens (tertiary/aromatic N) is 4. The van der Waals surface area contributed by atoms with E-state index in [9.17, 15) is 22.8 Å². The quantitative estimate of drug-likeness (QED) is 0.762. The average Bonchev–Trinajstić information content (AvgIpc) is 2.88. The molecule has 2 saturated heterocycles. The average molecular weight is 444 g/mol. The first-order valence-electron chi connectivity index (χ1n) is 9.90. The fourth-order valence-electron chi connectivity index (χ4n) is 3.98. The maximum absolute atomic E-state index is 12.3. The van der Waals surface area contributed by atoms with Crippen LogP contribution in [0.25, 0.3) is 0 Å². The second-order valence-corrected chi connectivity index (χ2v) is 7.90. The van der Waals surface area contributed by atoms with Gasteiger partial charge in [0.2, 0.25) is 11.8 Å². The van der Waals surface area contributed by atoms with Gasteiger partial charge in [0.05, 0.1) is 0 Å². The lowest BCUT2D eigenvalue weighted by molar-refractivity contribution is -0.192. The number of aromatic nitrogens is 1. The minimum Gasteiger partial charge on any atom is -0.475 e. The summed E-state index contributed by atoms with van der Waals surface area (Å²) >= 11 is 0. The lowest BCUT2D eigenvalue weighted by Gasteiger charge is -2.33. The van der Waals surface area contributed by atoms with Crippen LogP contribution >= 0.6 is 0 Å². The van der Waals surface area contributed by atoms with Gasteiger partial charge in [-0.3, -0.25) is 19.5 Å². The molecule has 8 nitrogen and oxygen atoms in total. The van der Waals surface area contributed by atoms with Crippen molar-refractivity contribution < 1.29 is 32.7 Å². The van der Waals surface area contributed by atoms with Gasteiger partial charge in [0.15, 0.2) is 0 Å². The fraction of sp³-hybridized carbons (Fsp3) is 0.600. The highest BCUT2D eigenvalue weighted by Gasteiger charge is 2.46. The van der Waals surface area contributed by atoms with E-state index in [0.717, 1.165) is 39.3 Å². The van der Waals surface area contributed by atoms with Crippen LogP contribution in [0.2, 0.25) is 0 Å². The number of pyridine rings is 1. The summed E-state index contributed by atoms with van der Waals surface area (Å²) in [6.07, 6.45) is -0.883. The number of aliphatic carboxylic acids is 1.